The number of rotatable bonds is 5. The normalized spacial score (nSPS) is 12.0. The zero-order valence-electron chi connectivity index (χ0n) is 12.1. The SMILES string of the molecule is Cc1ccc(NC(=O)[C@@H](C)Cn2cc([N+](=O)[O-])cn2)cc1F. The van der Waals surface area contributed by atoms with Gasteiger partial charge in [0.15, 0.2) is 0 Å². The van der Waals surface area contributed by atoms with Crippen molar-refractivity contribution in [1.29, 1.82) is 0 Å². The fourth-order valence-electron chi connectivity index (χ4n) is 1.85. The number of nitrogens with one attached hydrogen (secondary N) is 1. The van der Waals surface area contributed by atoms with E-state index in [0.29, 0.717) is 11.3 Å². The molecule has 1 aromatic carbocycles. The number of halogens is 1. The minimum absolute atomic E-state index is 0.131. The van der Waals surface area contributed by atoms with Crippen molar-refractivity contribution in [3.8, 4) is 0 Å². The zero-order valence-corrected chi connectivity index (χ0v) is 12.1. The number of aryl methyl sites for hydroxylation is 1. The van der Waals surface area contributed by atoms with Crippen molar-refractivity contribution in [2.24, 2.45) is 5.92 Å². The van der Waals surface area contributed by atoms with Gasteiger partial charge in [-0.3, -0.25) is 19.6 Å². The summed E-state index contributed by atoms with van der Waals surface area (Å²) in [5.41, 5.74) is 0.731. The number of hydrogen-bond acceptors (Lipinski definition) is 4. The first-order valence-corrected chi connectivity index (χ1v) is 6.60. The van der Waals surface area contributed by atoms with E-state index >= 15 is 0 Å². The Hall–Kier alpha value is -2.77. The molecule has 8 heteroatoms. The van der Waals surface area contributed by atoms with Crippen LogP contribution in [-0.4, -0.2) is 20.6 Å². The highest BCUT2D eigenvalue weighted by atomic mass is 19.1. The molecule has 0 saturated carbocycles. The first kappa shape index (κ1) is 15.6. The molecule has 0 fully saturated rings. The van der Waals surface area contributed by atoms with Crippen LogP contribution < -0.4 is 5.32 Å². The quantitative estimate of drug-likeness (QED) is 0.679. The van der Waals surface area contributed by atoms with Gasteiger partial charge in [0.1, 0.15) is 18.2 Å². The standard InChI is InChI=1S/C14H15FN4O3/c1-9-3-4-11(5-13(9)15)17-14(20)10(2)7-18-8-12(6-16-18)19(21)22/h3-6,8,10H,7H2,1-2H3,(H,17,20)/t10-/m0/s1. The smallest absolute Gasteiger partial charge is 0.306 e. The molecule has 7 nitrogen and oxygen atoms in total. The maximum absolute atomic E-state index is 13.4. The van der Waals surface area contributed by atoms with E-state index in [1.165, 1.54) is 16.9 Å². The number of benzene rings is 1. The molecule has 0 aliphatic heterocycles. The number of nitro groups is 1. The number of hydrogen-bond donors (Lipinski definition) is 1. The van der Waals surface area contributed by atoms with Gasteiger partial charge in [0, 0.05) is 5.69 Å². The van der Waals surface area contributed by atoms with Crippen molar-refractivity contribution >= 4 is 17.3 Å². The summed E-state index contributed by atoms with van der Waals surface area (Å²) >= 11 is 0. The van der Waals surface area contributed by atoms with Gasteiger partial charge in [0.05, 0.1) is 17.4 Å². The summed E-state index contributed by atoms with van der Waals surface area (Å²) < 4.78 is 14.8. The van der Waals surface area contributed by atoms with E-state index in [1.807, 2.05) is 0 Å². The predicted octanol–water partition coefficient (Wildman–Crippen LogP) is 2.51. The van der Waals surface area contributed by atoms with Crippen LogP contribution in [0.4, 0.5) is 15.8 Å². The van der Waals surface area contributed by atoms with Gasteiger partial charge < -0.3 is 5.32 Å². The average Bonchev–Trinajstić information content (AvgIpc) is 2.91. The van der Waals surface area contributed by atoms with Crippen LogP contribution >= 0.6 is 0 Å². The molecule has 0 radical (unpaired) electrons. The molecule has 1 heterocycles. The molecule has 1 N–H and O–H groups in total. The van der Waals surface area contributed by atoms with Crippen LogP contribution in [0.1, 0.15) is 12.5 Å². The van der Waals surface area contributed by atoms with Gasteiger partial charge in [-0.25, -0.2) is 4.39 Å². The predicted molar refractivity (Wildman–Crippen MR) is 77.8 cm³/mol. The van der Waals surface area contributed by atoms with Gasteiger partial charge in [-0.2, -0.15) is 5.10 Å². The highest BCUT2D eigenvalue weighted by Crippen LogP contribution is 2.15. The molecule has 0 spiro atoms. The van der Waals surface area contributed by atoms with Gasteiger partial charge >= 0.3 is 5.69 Å². The van der Waals surface area contributed by atoms with Crippen LogP contribution in [-0.2, 0) is 11.3 Å². The van der Waals surface area contributed by atoms with Gasteiger partial charge in [0.25, 0.3) is 0 Å². The summed E-state index contributed by atoms with van der Waals surface area (Å²) in [6, 6.07) is 4.44. The lowest BCUT2D eigenvalue weighted by Crippen LogP contribution is -2.24. The second-order valence-corrected chi connectivity index (χ2v) is 5.03. The van der Waals surface area contributed by atoms with E-state index in [2.05, 4.69) is 10.4 Å². The average molecular weight is 306 g/mol. The first-order chi connectivity index (χ1) is 10.4. The Morgan fingerprint density at radius 3 is 2.86 bits per heavy atom. The Bertz CT molecular complexity index is 714. The van der Waals surface area contributed by atoms with Crippen LogP contribution in [0.5, 0.6) is 0 Å². The number of amides is 1. The Kier molecular flexibility index (Phi) is 4.50. The van der Waals surface area contributed by atoms with Crippen molar-refractivity contribution in [2.45, 2.75) is 20.4 Å². The largest absolute Gasteiger partial charge is 0.326 e. The van der Waals surface area contributed by atoms with E-state index < -0.39 is 16.7 Å². The van der Waals surface area contributed by atoms with Crippen molar-refractivity contribution < 1.29 is 14.1 Å². The zero-order chi connectivity index (χ0) is 16.3. The number of aromatic nitrogens is 2. The highest BCUT2D eigenvalue weighted by molar-refractivity contribution is 5.92. The van der Waals surface area contributed by atoms with Crippen molar-refractivity contribution in [3.63, 3.8) is 0 Å². The molecule has 1 amide bonds. The third-order valence-electron chi connectivity index (χ3n) is 3.18. The van der Waals surface area contributed by atoms with Gasteiger partial charge in [-0.1, -0.05) is 13.0 Å². The Labute approximate surface area is 125 Å². The second kappa shape index (κ2) is 6.33. The van der Waals surface area contributed by atoms with Crippen LogP contribution in [0.3, 0.4) is 0 Å². The summed E-state index contributed by atoms with van der Waals surface area (Å²) in [6.07, 6.45) is 2.38. The number of carbonyl (C=O) groups is 1. The monoisotopic (exact) mass is 306 g/mol. The highest BCUT2D eigenvalue weighted by Gasteiger charge is 2.17. The molecule has 2 aromatic rings. The molecular weight excluding hydrogens is 291 g/mol. The Morgan fingerprint density at radius 1 is 1.55 bits per heavy atom. The van der Waals surface area contributed by atoms with Crippen molar-refractivity contribution in [1.82, 2.24) is 9.78 Å². The van der Waals surface area contributed by atoms with Crippen LogP contribution in [0.2, 0.25) is 0 Å². The molecule has 22 heavy (non-hydrogen) atoms. The van der Waals surface area contributed by atoms with E-state index in [9.17, 15) is 19.3 Å². The summed E-state index contributed by atoms with van der Waals surface area (Å²) in [5.74, 6) is -1.20. The molecule has 0 saturated heterocycles. The Balaban J connectivity index is 1.99. The van der Waals surface area contributed by atoms with Gasteiger partial charge in [0.2, 0.25) is 5.91 Å². The van der Waals surface area contributed by atoms with E-state index in [4.69, 9.17) is 0 Å². The molecule has 0 aliphatic carbocycles. The molecule has 0 unspecified atom stereocenters. The summed E-state index contributed by atoms with van der Waals surface area (Å²) in [7, 11) is 0. The van der Waals surface area contributed by atoms with Crippen molar-refractivity contribution in [2.75, 3.05) is 5.32 Å². The maximum atomic E-state index is 13.4. The van der Waals surface area contributed by atoms with E-state index in [0.717, 1.165) is 6.20 Å². The fourth-order valence-corrected chi connectivity index (χ4v) is 1.85. The molecule has 1 atom stereocenters. The molecular formula is C14H15FN4O3. The van der Waals surface area contributed by atoms with Crippen LogP contribution in [0, 0.1) is 28.8 Å². The third-order valence-corrected chi connectivity index (χ3v) is 3.18. The second-order valence-electron chi connectivity index (χ2n) is 5.03. The first-order valence-electron chi connectivity index (χ1n) is 6.60. The summed E-state index contributed by atoms with van der Waals surface area (Å²) in [4.78, 5) is 22.1. The molecule has 1 aromatic heterocycles. The number of nitrogens with zero attached hydrogens (tertiary/aromatic N) is 3. The summed E-state index contributed by atoms with van der Waals surface area (Å²) in [5, 5.41) is 17.0. The molecule has 116 valence electrons. The van der Waals surface area contributed by atoms with Gasteiger partial charge in [-0.05, 0) is 24.6 Å². The fraction of sp³-hybridized carbons (Fsp3) is 0.286. The van der Waals surface area contributed by atoms with E-state index in [1.54, 1.807) is 26.0 Å². The molecule has 0 bridgehead atoms. The topological polar surface area (TPSA) is 90.1 Å². The lowest BCUT2D eigenvalue weighted by molar-refractivity contribution is -0.385. The van der Waals surface area contributed by atoms with Crippen LogP contribution in [0.15, 0.2) is 30.6 Å². The van der Waals surface area contributed by atoms with Crippen molar-refractivity contribution in [3.05, 3.63) is 52.1 Å². The molecule has 2 rings (SSSR count). The van der Waals surface area contributed by atoms with E-state index in [-0.39, 0.29) is 18.1 Å². The van der Waals surface area contributed by atoms with Crippen LogP contribution in [0.25, 0.3) is 0 Å². The maximum Gasteiger partial charge on any atom is 0.306 e. The number of anilines is 1. The lowest BCUT2D eigenvalue weighted by Gasteiger charge is -2.12. The minimum atomic E-state index is -0.552. The minimum Gasteiger partial charge on any atom is -0.326 e. The number of carbonyl (C=O) groups excluding carboxylic acids is 1. The third kappa shape index (κ3) is 3.66. The Morgan fingerprint density at radius 2 is 2.27 bits per heavy atom. The lowest BCUT2D eigenvalue weighted by atomic mass is 10.1. The van der Waals surface area contributed by atoms with Gasteiger partial charge in [-0.15, -0.1) is 0 Å². The molecule has 0 aliphatic rings. The summed E-state index contributed by atoms with van der Waals surface area (Å²) in [6.45, 7) is 3.48.